The van der Waals surface area contributed by atoms with Crippen LogP contribution in [-0.2, 0) is 17.5 Å². The number of alkyl halides is 3. The number of piperazine rings is 1. The van der Waals surface area contributed by atoms with Gasteiger partial charge in [0.2, 0.25) is 5.91 Å². The van der Waals surface area contributed by atoms with Crippen molar-refractivity contribution in [2.45, 2.75) is 25.2 Å². The van der Waals surface area contributed by atoms with E-state index < -0.39 is 17.6 Å². The molecule has 2 saturated heterocycles. The number of likely N-dealkylation sites (tertiary alicyclic amines) is 1. The molecule has 2 aliphatic heterocycles. The van der Waals surface area contributed by atoms with Crippen LogP contribution in [0, 0.1) is 0 Å². The van der Waals surface area contributed by atoms with Crippen LogP contribution >= 0.6 is 0 Å². The summed E-state index contributed by atoms with van der Waals surface area (Å²) in [6, 6.07) is 14.7. The average molecular weight is 518 g/mol. The van der Waals surface area contributed by atoms with E-state index in [0.717, 1.165) is 77.5 Å². The second-order valence-electron chi connectivity index (χ2n) is 9.72. The number of hydrogen-bond acceptors (Lipinski definition) is 5. The van der Waals surface area contributed by atoms with Gasteiger partial charge in [0, 0.05) is 70.5 Å². The first-order valence-corrected chi connectivity index (χ1v) is 12.7. The van der Waals surface area contributed by atoms with Crippen molar-refractivity contribution in [1.82, 2.24) is 25.3 Å². The zero-order chi connectivity index (χ0) is 26.3. The van der Waals surface area contributed by atoms with Crippen LogP contribution in [0.5, 0.6) is 0 Å². The van der Waals surface area contributed by atoms with Gasteiger partial charge in [-0.2, -0.15) is 13.2 Å². The second-order valence-corrected chi connectivity index (χ2v) is 9.72. The van der Waals surface area contributed by atoms with Crippen molar-refractivity contribution in [1.29, 1.82) is 0 Å². The highest BCUT2D eigenvalue weighted by molar-refractivity contribution is 5.96. The minimum Gasteiger partial charge on any atom is -0.350 e. The summed E-state index contributed by atoms with van der Waals surface area (Å²) < 4.78 is 38.5. The Morgan fingerprint density at radius 3 is 2.30 bits per heavy atom. The number of nitrogens with one attached hydrogen (secondary N) is 2. The number of halogens is 3. The molecule has 2 amide bonds. The number of rotatable bonds is 9. The maximum atomic E-state index is 12.8. The van der Waals surface area contributed by atoms with Crippen molar-refractivity contribution in [3.63, 3.8) is 0 Å². The minimum atomic E-state index is -4.53. The maximum Gasteiger partial charge on any atom is 0.416 e. The van der Waals surface area contributed by atoms with Crippen molar-refractivity contribution in [3.05, 3.63) is 71.3 Å². The van der Waals surface area contributed by atoms with E-state index in [2.05, 4.69) is 49.6 Å². The molecule has 0 spiro atoms. The van der Waals surface area contributed by atoms with E-state index in [1.807, 2.05) is 6.07 Å². The molecule has 0 unspecified atom stereocenters. The summed E-state index contributed by atoms with van der Waals surface area (Å²) in [7, 11) is 0. The normalized spacial score (nSPS) is 19.6. The van der Waals surface area contributed by atoms with Crippen LogP contribution in [0.25, 0.3) is 0 Å². The minimum absolute atomic E-state index is 0.000629. The summed E-state index contributed by atoms with van der Waals surface area (Å²) >= 11 is 0. The molecule has 2 fully saturated rings. The van der Waals surface area contributed by atoms with Gasteiger partial charge in [0.05, 0.1) is 12.1 Å². The third-order valence-electron chi connectivity index (χ3n) is 6.95. The third kappa shape index (κ3) is 8.28. The van der Waals surface area contributed by atoms with Crippen molar-refractivity contribution < 1.29 is 22.8 Å². The van der Waals surface area contributed by atoms with Crippen LogP contribution < -0.4 is 10.6 Å². The van der Waals surface area contributed by atoms with E-state index in [1.165, 1.54) is 17.7 Å². The second kappa shape index (κ2) is 12.5. The van der Waals surface area contributed by atoms with Gasteiger partial charge >= 0.3 is 6.18 Å². The number of carbonyl (C=O) groups excluding carboxylic acids is 2. The summed E-state index contributed by atoms with van der Waals surface area (Å²) in [5, 5.41) is 5.33. The van der Waals surface area contributed by atoms with Gasteiger partial charge in [-0.05, 0) is 30.2 Å². The van der Waals surface area contributed by atoms with E-state index >= 15 is 0 Å². The summed E-state index contributed by atoms with van der Waals surface area (Å²) in [5.74, 6) is -1.06. The molecule has 0 aliphatic carbocycles. The molecule has 0 saturated carbocycles. The number of nitrogens with zero attached hydrogens (tertiary/aromatic N) is 3. The fourth-order valence-electron chi connectivity index (χ4n) is 4.83. The lowest BCUT2D eigenvalue weighted by atomic mass is 10.1. The Balaban J connectivity index is 1.11. The average Bonchev–Trinajstić information content (AvgIpc) is 3.34. The summed E-state index contributed by atoms with van der Waals surface area (Å²) in [6.07, 6.45) is -3.70. The zero-order valence-corrected chi connectivity index (χ0v) is 20.8. The molecule has 0 radical (unpaired) electrons. The fraction of sp³-hybridized carbons (Fsp3) is 0.481. The fourth-order valence-corrected chi connectivity index (χ4v) is 4.83. The van der Waals surface area contributed by atoms with Crippen LogP contribution in [0.4, 0.5) is 13.2 Å². The Morgan fingerprint density at radius 1 is 0.865 bits per heavy atom. The van der Waals surface area contributed by atoms with E-state index in [-0.39, 0.29) is 24.1 Å². The summed E-state index contributed by atoms with van der Waals surface area (Å²) in [5.41, 5.74) is 0.316. The molecule has 1 atom stereocenters. The van der Waals surface area contributed by atoms with Crippen LogP contribution in [0.3, 0.4) is 0 Å². The first-order valence-electron chi connectivity index (χ1n) is 12.7. The Morgan fingerprint density at radius 2 is 1.57 bits per heavy atom. The van der Waals surface area contributed by atoms with Gasteiger partial charge in [-0.25, -0.2) is 0 Å². The molecule has 4 rings (SSSR count). The van der Waals surface area contributed by atoms with E-state index in [9.17, 15) is 22.8 Å². The molecule has 10 heteroatoms. The predicted molar refractivity (Wildman–Crippen MR) is 135 cm³/mol. The largest absolute Gasteiger partial charge is 0.416 e. The van der Waals surface area contributed by atoms with Crippen molar-refractivity contribution in [2.24, 2.45) is 0 Å². The van der Waals surface area contributed by atoms with E-state index in [0.29, 0.717) is 0 Å². The Bertz CT molecular complexity index is 1040. The lowest BCUT2D eigenvalue weighted by molar-refractivity contribution is -0.137. The van der Waals surface area contributed by atoms with Gasteiger partial charge in [-0.3, -0.25) is 24.3 Å². The summed E-state index contributed by atoms with van der Waals surface area (Å²) in [4.78, 5) is 31.8. The number of carbonyl (C=O) groups is 2. The highest BCUT2D eigenvalue weighted by atomic mass is 19.4. The molecule has 37 heavy (non-hydrogen) atoms. The zero-order valence-electron chi connectivity index (χ0n) is 20.8. The van der Waals surface area contributed by atoms with E-state index in [4.69, 9.17) is 0 Å². The molecular weight excluding hydrogens is 483 g/mol. The van der Waals surface area contributed by atoms with Crippen molar-refractivity contribution >= 4 is 11.8 Å². The highest BCUT2D eigenvalue weighted by Gasteiger charge is 2.31. The Labute approximate surface area is 215 Å². The van der Waals surface area contributed by atoms with Gasteiger partial charge < -0.3 is 10.6 Å². The molecule has 200 valence electrons. The standard InChI is InChI=1S/C27H34F3N5O2/c28-27(29,30)23-8-4-7-22(17-23)26(37)31-18-25(36)32-24-9-10-34(20-24)14-11-33-12-15-35(16-13-33)19-21-5-2-1-3-6-21/h1-8,17,24H,9-16,18-20H2,(H,31,37)(H,32,36)/t24-/m1/s1. The van der Waals surface area contributed by atoms with Crippen molar-refractivity contribution in [2.75, 3.05) is 58.9 Å². The van der Waals surface area contributed by atoms with Gasteiger partial charge in [0.25, 0.3) is 5.91 Å². The predicted octanol–water partition coefficient (Wildman–Crippen LogP) is 2.44. The summed E-state index contributed by atoms with van der Waals surface area (Å²) in [6.45, 7) is 8.50. The van der Waals surface area contributed by atoms with Crippen LogP contribution in [0.2, 0.25) is 0 Å². The lowest BCUT2D eigenvalue weighted by Gasteiger charge is -2.35. The Hall–Kier alpha value is -2.95. The Kier molecular flexibility index (Phi) is 9.18. The number of hydrogen-bond donors (Lipinski definition) is 2. The van der Waals surface area contributed by atoms with Crippen LogP contribution in [0.1, 0.15) is 27.9 Å². The quantitative estimate of drug-likeness (QED) is 0.535. The molecule has 2 aliphatic rings. The van der Waals surface area contributed by atoms with Crippen molar-refractivity contribution in [3.8, 4) is 0 Å². The molecule has 2 aromatic rings. The molecule has 2 heterocycles. The third-order valence-corrected chi connectivity index (χ3v) is 6.95. The van der Waals surface area contributed by atoms with Gasteiger partial charge in [-0.1, -0.05) is 36.4 Å². The monoisotopic (exact) mass is 517 g/mol. The topological polar surface area (TPSA) is 67.9 Å². The lowest BCUT2D eigenvalue weighted by Crippen LogP contribution is -2.48. The molecular formula is C27H34F3N5O2. The molecule has 0 bridgehead atoms. The van der Waals surface area contributed by atoms with Crippen LogP contribution in [-0.4, -0.2) is 91.5 Å². The number of benzene rings is 2. The SMILES string of the molecule is O=C(CNC(=O)c1cccc(C(F)(F)F)c1)N[C@@H]1CCN(CCN2CCN(Cc3ccccc3)CC2)C1. The molecule has 7 nitrogen and oxygen atoms in total. The highest BCUT2D eigenvalue weighted by Crippen LogP contribution is 2.29. The molecule has 2 N–H and O–H groups in total. The molecule has 0 aromatic heterocycles. The molecule has 2 aromatic carbocycles. The maximum absolute atomic E-state index is 12.8. The first kappa shape index (κ1) is 27.1. The van der Waals surface area contributed by atoms with Crippen LogP contribution in [0.15, 0.2) is 54.6 Å². The smallest absolute Gasteiger partial charge is 0.350 e. The van der Waals surface area contributed by atoms with Gasteiger partial charge in [0.1, 0.15) is 0 Å². The van der Waals surface area contributed by atoms with Gasteiger partial charge in [0.15, 0.2) is 0 Å². The first-order chi connectivity index (χ1) is 17.8. The van der Waals surface area contributed by atoms with E-state index in [1.54, 1.807) is 0 Å². The number of amides is 2. The van der Waals surface area contributed by atoms with Gasteiger partial charge in [-0.15, -0.1) is 0 Å².